The van der Waals surface area contributed by atoms with E-state index in [1.807, 2.05) is 4.90 Å². The highest BCUT2D eigenvalue weighted by Gasteiger charge is 2.28. The highest BCUT2D eigenvalue weighted by molar-refractivity contribution is 6.30. The minimum absolute atomic E-state index is 0.0740. The first kappa shape index (κ1) is 19.1. The van der Waals surface area contributed by atoms with Crippen LogP contribution in [0.5, 0.6) is 0 Å². The Morgan fingerprint density at radius 2 is 1.96 bits per heavy atom. The predicted molar refractivity (Wildman–Crippen MR) is 98.7 cm³/mol. The SMILES string of the molecule is C[C@H](C(=O)Nc1ccc(Cl)cc1F)N1CCN(CC(=O)NC2CC2)CC1. The molecule has 0 unspecified atom stereocenters. The van der Waals surface area contributed by atoms with E-state index in [1.54, 1.807) is 6.92 Å². The van der Waals surface area contributed by atoms with Gasteiger partial charge in [-0.1, -0.05) is 11.6 Å². The minimum atomic E-state index is -0.551. The Morgan fingerprint density at radius 3 is 2.58 bits per heavy atom. The van der Waals surface area contributed by atoms with Crippen LogP contribution in [-0.2, 0) is 9.59 Å². The summed E-state index contributed by atoms with van der Waals surface area (Å²) >= 11 is 5.72. The van der Waals surface area contributed by atoms with Crippen molar-refractivity contribution in [1.82, 2.24) is 15.1 Å². The summed E-state index contributed by atoms with van der Waals surface area (Å²) < 4.78 is 13.8. The highest BCUT2D eigenvalue weighted by Crippen LogP contribution is 2.20. The van der Waals surface area contributed by atoms with Gasteiger partial charge in [0, 0.05) is 37.2 Å². The van der Waals surface area contributed by atoms with Crippen molar-refractivity contribution < 1.29 is 14.0 Å². The van der Waals surface area contributed by atoms with Crippen molar-refractivity contribution in [3.8, 4) is 0 Å². The van der Waals surface area contributed by atoms with Crippen molar-refractivity contribution in [1.29, 1.82) is 0 Å². The summed E-state index contributed by atoms with van der Waals surface area (Å²) in [7, 11) is 0. The zero-order valence-corrected chi connectivity index (χ0v) is 15.6. The maximum atomic E-state index is 13.8. The van der Waals surface area contributed by atoms with Crippen molar-refractivity contribution in [2.45, 2.75) is 31.8 Å². The van der Waals surface area contributed by atoms with E-state index >= 15 is 0 Å². The lowest BCUT2D eigenvalue weighted by atomic mass is 10.2. The Balaban J connectivity index is 1.45. The van der Waals surface area contributed by atoms with Gasteiger partial charge in [-0.15, -0.1) is 0 Å². The molecule has 0 aromatic heterocycles. The number of hydrogen-bond acceptors (Lipinski definition) is 4. The van der Waals surface area contributed by atoms with Gasteiger partial charge in [-0.25, -0.2) is 4.39 Å². The average Bonchev–Trinajstić information content (AvgIpc) is 3.41. The standard InChI is InChI=1S/C18H24ClFN4O2/c1-12(18(26)22-16-5-2-13(19)10-15(16)20)24-8-6-23(7-9-24)11-17(25)21-14-3-4-14/h2,5,10,12,14H,3-4,6-9,11H2,1H3,(H,21,25)(H,22,26)/t12-/m1/s1. The van der Waals surface area contributed by atoms with E-state index in [0.717, 1.165) is 25.9 Å². The third-order valence-electron chi connectivity index (χ3n) is 4.83. The van der Waals surface area contributed by atoms with Gasteiger partial charge in [0.1, 0.15) is 5.82 Å². The van der Waals surface area contributed by atoms with Crippen molar-refractivity contribution in [2.75, 3.05) is 38.0 Å². The van der Waals surface area contributed by atoms with Crippen LogP contribution in [-0.4, -0.2) is 66.4 Å². The van der Waals surface area contributed by atoms with Gasteiger partial charge in [-0.3, -0.25) is 19.4 Å². The zero-order valence-electron chi connectivity index (χ0n) is 14.8. The van der Waals surface area contributed by atoms with Gasteiger partial charge in [0.2, 0.25) is 11.8 Å². The van der Waals surface area contributed by atoms with E-state index in [4.69, 9.17) is 11.6 Å². The molecule has 1 saturated carbocycles. The largest absolute Gasteiger partial charge is 0.352 e. The summed E-state index contributed by atoms with van der Waals surface area (Å²) in [6.07, 6.45) is 2.17. The topological polar surface area (TPSA) is 64.7 Å². The highest BCUT2D eigenvalue weighted by atomic mass is 35.5. The van der Waals surface area contributed by atoms with Crippen LogP contribution in [0.4, 0.5) is 10.1 Å². The first-order valence-corrected chi connectivity index (χ1v) is 9.32. The summed E-state index contributed by atoms with van der Waals surface area (Å²) in [5, 5.41) is 5.89. The number of nitrogens with one attached hydrogen (secondary N) is 2. The molecule has 2 aliphatic rings. The number of rotatable bonds is 6. The second kappa shape index (κ2) is 8.33. The van der Waals surface area contributed by atoms with Crippen LogP contribution < -0.4 is 10.6 Å². The molecular formula is C18H24ClFN4O2. The van der Waals surface area contributed by atoms with E-state index in [1.165, 1.54) is 18.2 Å². The molecule has 0 radical (unpaired) electrons. The minimum Gasteiger partial charge on any atom is -0.352 e. The van der Waals surface area contributed by atoms with Gasteiger partial charge in [0.15, 0.2) is 0 Å². The number of nitrogens with zero attached hydrogens (tertiary/aromatic N) is 2. The Labute approximate surface area is 157 Å². The molecule has 0 spiro atoms. The quantitative estimate of drug-likeness (QED) is 0.786. The van der Waals surface area contributed by atoms with Gasteiger partial charge in [0.05, 0.1) is 18.3 Å². The zero-order chi connectivity index (χ0) is 18.7. The maximum Gasteiger partial charge on any atom is 0.241 e. The van der Waals surface area contributed by atoms with Crippen LogP contribution in [0.25, 0.3) is 0 Å². The lowest BCUT2D eigenvalue weighted by molar-refractivity contribution is -0.124. The number of piperazine rings is 1. The number of hydrogen-bond donors (Lipinski definition) is 2. The molecule has 1 atom stereocenters. The number of halogens is 2. The van der Waals surface area contributed by atoms with Crippen molar-refractivity contribution in [3.63, 3.8) is 0 Å². The molecule has 6 nitrogen and oxygen atoms in total. The van der Waals surface area contributed by atoms with E-state index < -0.39 is 5.82 Å². The van der Waals surface area contributed by atoms with Gasteiger partial charge >= 0.3 is 0 Å². The van der Waals surface area contributed by atoms with Gasteiger partial charge in [-0.05, 0) is 38.0 Å². The Morgan fingerprint density at radius 1 is 1.27 bits per heavy atom. The molecule has 142 valence electrons. The maximum absolute atomic E-state index is 13.8. The Bertz CT molecular complexity index is 675. The van der Waals surface area contributed by atoms with Gasteiger partial charge in [-0.2, -0.15) is 0 Å². The van der Waals surface area contributed by atoms with Crippen LogP contribution in [0, 0.1) is 5.82 Å². The molecule has 2 N–H and O–H groups in total. The summed E-state index contributed by atoms with van der Waals surface area (Å²) in [5.41, 5.74) is 0.127. The van der Waals surface area contributed by atoms with Crippen LogP contribution in [0.1, 0.15) is 19.8 Å². The van der Waals surface area contributed by atoms with Crippen LogP contribution in [0.2, 0.25) is 5.02 Å². The average molecular weight is 383 g/mol. The number of benzene rings is 1. The lowest BCUT2D eigenvalue weighted by Crippen LogP contribution is -2.54. The molecule has 1 heterocycles. The van der Waals surface area contributed by atoms with Crippen molar-refractivity contribution in [2.24, 2.45) is 0 Å². The fourth-order valence-corrected chi connectivity index (χ4v) is 3.17. The van der Waals surface area contributed by atoms with Crippen LogP contribution in [0.15, 0.2) is 18.2 Å². The Hall–Kier alpha value is -1.70. The van der Waals surface area contributed by atoms with Crippen LogP contribution in [0.3, 0.4) is 0 Å². The molecule has 0 bridgehead atoms. The van der Waals surface area contributed by atoms with E-state index in [2.05, 4.69) is 15.5 Å². The molecule has 2 fully saturated rings. The number of carbonyl (C=O) groups excluding carboxylic acids is 2. The molecule has 1 aliphatic carbocycles. The molecule has 1 aliphatic heterocycles. The van der Waals surface area contributed by atoms with E-state index in [0.29, 0.717) is 25.7 Å². The van der Waals surface area contributed by atoms with E-state index in [9.17, 15) is 14.0 Å². The molecular weight excluding hydrogens is 359 g/mol. The fraction of sp³-hybridized carbons (Fsp3) is 0.556. The number of anilines is 1. The predicted octanol–water partition coefficient (Wildman–Crippen LogP) is 1.70. The van der Waals surface area contributed by atoms with Crippen molar-refractivity contribution >= 4 is 29.1 Å². The third kappa shape index (κ3) is 5.16. The summed E-state index contributed by atoms with van der Waals surface area (Å²) in [6.45, 7) is 5.04. The third-order valence-corrected chi connectivity index (χ3v) is 5.07. The normalized spacial score (nSPS) is 19.8. The number of amides is 2. The molecule has 1 aromatic rings. The fourth-order valence-electron chi connectivity index (χ4n) is 3.01. The smallest absolute Gasteiger partial charge is 0.241 e. The first-order valence-electron chi connectivity index (χ1n) is 8.94. The summed E-state index contributed by atoms with van der Waals surface area (Å²) in [4.78, 5) is 28.4. The first-order chi connectivity index (χ1) is 12.4. The molecule has 3 rings (SSSR count). The molecule has 2 amide bonds. The van der Waals surface area contributed by atoms with Gasteiger partial charge in [0.25, 0.3) is 0 Å². The molecule has 1 saturated heterocycles. The second-order valence-corrected chi connectivity index (χ2v) is 7.38. The summed E-state index contributed by atoms with van der Waals surface area (Å²) in [5.74, 6) is -0.736. The molecule has 1 aromatic carbocycles. The van der Waals surface area contributed by atoms with Crippen LogP contribution >= 0.6 is 11.6 Å². The van der Waals surface area contributed by atoms with Gasteiger partial charge < -0.3 is 10.6 Å². The monoisotopic (exact) mass is 382 g/mol. The molecule has 8 heteroatoms. The number of carbonyl (C=O) groups is 2. The molecule has 26 heavy (non-hydrogen) atoms. The summed E-state index contributed by atoms with van der Waals surface area (Å²) in [6, 6.07) is 4.16. The lowest BCUT2D eigenvalue weighted by Gasteiger charge is -2.37. The van der Waals surface area contributed by atoms with Crippen molar-refractivity contribution in [3.05, 3.63) is 29.0 Å². The van der Waals surface area contributed by atoms with E-state index in [-0.39, 0.29) is 28.6 Å². The Kier molecular flexibility index (Phi) is 6.11. The second-order valence-electron chi connectivity index (χ2n) is 6.94.